The molecule has 358 valence electrons. The number of unbranched alkanes of at least 4 members (excludes halogenated alkanes) is 2. The van der Waals surface area contributed by atoms with E-state index in [9.17, 15) is 27.9 Å². The van der Waals surface area contributed by atoms with Crippen LogP contribution in [0.5, 0.6) is 0 Å². The fourth-order valence-electron chi connectivity index (χ4n) is 7.80. The molecule has 7 N–H and O–H groups in total. The number of hydrogen-bond acceptors (Lipinski definition) is 15. The third-order valence-electron chi connectivity index (χ3n) is 11.6. The van der Waals surface area contributed by atoms with Crippen LogP contribution in [0.4, 0.5) is 5.82 Å². The first-order valence-corrected chi connectivity index (χ1v) is 24.7. The molecule has 4 heterocycles. The zero-order valence-electron chi connectivity index (χ0n) is 38.7. The van der Waals surface area contributed by atoms with Gasteiger partial charge in [-0.15, -0.1) is 21.5 Å². The van der Waals surface area contributed by atoms with Crippen molar-refractivity contribution in [3.63, 3.8) is 0 Å². The summed E-state index contributed by atoms with van der Waals surface area (Å²) < 4.78 is 34.9. The van der Waals surface area contributed by atoms with Gasteiger partial charge in [0.05, 0.1) is 39.0 Å². The van der Waals surface area contributed by atoms with Crippen molar-refractivity contribution in [3.8, 4) is 44.7 Å². The third kappa shape index (κ3) is 12.2. The molecule has 0 spiro atoms. The van der Waals surface area contributed by atoms with Gasteiger partial charge in [-0.2, -0.15) is 0 Å². The Bertz CT molecular complexity index is 2810. The number of aromatic nitrogens is 5. The third-order valence-corrected chi connectivity index (χ3v) is 14.0. The van der Waals surface area contributed by atoms with Crippen LogP contribution in [0.25, 0.3) is 44.7 Å². The van der Waals surface area contributed by atoms with Gasteiger partial charge in [0.25, 0.3) is 5.89 Å². The van der Waals surface area contributed by atoms with Gasteiger partial charge >= 0.3 is 0 Å². The van der Waals surface area contributed by atoms with E-state index in [0.29, 0.717) is 36.4 Å². The Balaban J connectivity index is 0.862. The van der Waals surface area contributed by atoms with Crippen LogP contribution >= 0.6 is 11.3 Å². The lowest BCUT2D eigenvalue weighted by molar-refractivity contribution is -0.144. The molecule has 20 heteroatoms. The number of sulfonamides is 1. The Kier molecular flexibility index (Phi) is 15.8. The standard InChI is InChI=1S/C48H57N11O7S2/c1-29-41(67-28-53-29)33-14-10-31(11-15-33)25-52-44(62)38-23-35(60)27-59(38)47(63)42(48(2,3)4)56-39(61)9-7-6-8-22-54-68(64,65)36-20-18-32(19-21-36)37-26-51-43(49)40(55-37)46-58-57-45(66-46)34-16-12-30(13-17-34)24-50-5/h10-21,26,28,35,38,42,50,54,60H,6-9,22-25,27H2,1-5H3,(H2,49,51)(H,52,62)(H,56,61)/t35-,38+,42-/m1/s1. The molecule has 1 saturated heterocycles. The Morgan fingerprint density at radius 2 is 1.56 bits per heavy atom. The number of rotatable bonds is 19. The number of carbonyl (C=O) groups is 3. The number of aliphatic hydroxyl groups is 1. The van der Waals surface area contributed by atoms with Gasteiger partial charge in [0.15, 0.2) is 11.5 Å². The minimum Gasteiger partial charge on any atom is -0.414 e. The fourth-order valence-corrected chi connectivity index (χ4v) is 9.68. The number of nitrogen functional groups attached to an aromatic ring is 1. The molecule has 1 aliphatic rings. The highest BCUT2D eigenvalue weighted by atomic mass is 32.2. The molecule has 1 aliphatic heterocycles. The number of hydrogen-bond donors (Lipinski definition) is 6. The minimum absolute atomic E-state index is 0.0296. The predicted molar refractivity (Wildman–Crippen MR) is 259 cm³/mol. The Hall–Kier alpha value is -6.45. The molecule has 0 radical (unpaired) electrons. The van der Waals surface area contributed by atoms with Gasteiger partial charge in [0.1, 0.15) is 12.1 Å². The van der Waals surface area contributed by atoms with Gasteiger partial charge in [-0.1, -0.05) is 75.7 Å². The van der Waals surface area contributed by atoms with Crippen molar-refractivity contribution in [3.05, 3.63) is 101 Å². The maximum atomic E-state index is 14.0. The number of benzene rings is 3. The molecule has 6 aromatic rings. The molecule has 0 bridgehead atoms. The summed E-state index contributed by atoms with van der Waals surface area (Å²) in [5.41, 5.74) is 13.1. The average Bonchev–Trinajstić information content (AvgIpc) is 4.09. The number of thiazole rings is 1. The summed E-state index contributed by atoms with van der Waals surface area (Å²) in [5, 5.41) is 27.8. The first kappa shape index (κ1) is 49.5. The van der Waals surface area contributed by atoms with Crippen molar-refractivity contribution in [1.82, 2.24) is 50.7 Å². The van der Waals surface area contributed by atoms with Gasteiger partial charge in [-0.25, -0.2) is 28.1 Å². The van der Waals surface area contributed by atoms with E-state index in [1.165, 1.54) is 23.2 Å². The molecule has 0 aliphatic carbocycles. The molecule has 3 aromatic carbocycles. The van der Waals surface area contributed by atoms with Crippen LogP contribution < -0.4 is 26.4 Å². The van der Waals surface area contributed by atoms with Gasteiger partial charge in [-0.3, -0.25) is 14.4 Å². The number of β-amino-alcohol motifs (C(OH)–C–C–N with tert-alkyl or cyclic N) is 1. The number of nitrogens with one attached hydrogen (secondary N) is 4. The first-order chi connectivity index (χ1) is 32.5. The lowest BCUT2D eigenvalue weighted by Crippen LogP contribution is -2.57. The molecular formula is C48H57N11O7S2. The number of amides is 3. The van der Waals surface area contributed by atoms with Crippen molar-refractivity contribution in [1.29, 1.82) is 0 Å². The lowest BCUT2D eigenvalue weighted by atomic mass is 9.85. The molecule has 3 amide bonds. The molecule has 3 atom stereocenters. The Morgan fingerprint density at radius 1 is 0.897 bits per heavy atom. The van der Waals surface area contributed by atoms with Crippen LogP contribution in [0.15, 0.2) is 93.8 Å². The fraction of sp³-hybridized carbons (Fsp3) is 0.375. The van der Waals surface area contributed by atoms with Gasteiger partial charge in [-0.05, 0) is 73.2 Å². The number of carbonyl (C=O) groups excluding carboxylic acids is 3. The van der Waals surface area contributed by atoms with E-state index in [1.54, 1.807) is 29.0 Å². The molecule has 68 heavy (non-hydrogen) atoms. The highest BCUT2D eigenvalue weighted by Crippen LogP contribution is 2.31. The zero-order chi connectivity index (χ0) is 48.6. The number of aryl methyl sites for hydroxylation is 1. The maximum Gasteiger partial charge on any atom is 0.270 e. The van der Waals surface area contributed by atoms with Gasteiger partial charge in [0.2, 0.25) is 33.6 Å². The highest BCUT2D eigenvalue weighted by molar-refractivity contribution is 7.89. The summed E-state index contributed by atoms with van der Waals surface area (Å²) in [7, 11) is -1.98. The van der Waals surface area contributed by atoms with E-state index >= 15 is 0 Å². The van der Waals surface area contributed by atoms with E-state index in [-0.39, 0.29) is 66.6 Å². The van der Waals surface area contributed by atoms with Crippen molar-refractivity contribution in [2.75, 3.05) is 25.9 Å². The quantitative estimate of drug-likeness (QED) is 0.0568. The van der Waals surface area contributed by atoms with Crippen molar-refractivity contribution in [2.45, 2.75) is 96.0 Å². The molecule has 3 aromatic heterocycles. The van der Waals surface area contributed by atoms with Crippen LogP contribution in [0.3, 0.4) is 0 Å². The van der Waals surface area contributed by atoms with E-state index in [1.807, 2.05) is 83.3 Å². The lowest BCUT2D eigenvalue weighted by Gasteiger charge is -2.35. The molecular weight excluding hydrogens is 907 g/mol. The van der Waals surface area contributed by atoms with Crippen molar-refractivity contribution in [2.24, 2.45) is 5.41 Å². The topological polar surface area (TPSA) is 261 Å². The average molecular weight is 964 g/mol. The van der Waals surface area contributed by atoms with Gasteiger partial charge < -0.3 is 36.1 Å². The summed E-state index contributed by atoms with van der Waals surface area (Å²) in [4.78, 5) is 56.4. The van der Waals surface area contributed by atoms with Crippen LogP contribution in [0.2, 0.25) is 0 Å². The first-order valence-electron chi connectivity index (χ1n) is 22.4. The largest absolute Gasteiger partial charge is 0.414 e. The SMILES string of the molecule is CNCc1ccc(-c2nnc(-c3nc(-c4ccc(S(=O)(=O)NCCCCCC(=O)N[C@H](C(=O)N5C[C@H](O)C[C@H]5C(=O)NCc5ccc(-c6scnc6C)cc5)C(C)(C)C)cc4)cnc3N)o2)cc1. The second-order valence-electron chi connectivity index (χ2n) is 17.8. The monoisotopic (exact) mass is 963 g/mol. The summed E-state index contributed by atoms with van der Waals surface area (Å²) >= 11 is 1.56. The number of likely N-dealkylation sites (tertiary alicyclic amines) is 1. The normalized spacial score (nSPS) is 15.6. The molecule has 7 rings (SSSR count). The summed E-state index contributed by atoms with van der Waals surface area (Å²) in [6.45, 7) is 8.53. The Morgan fingerprint density at radius 3 is 2.22 bits per heavy atom. The second kappa shape index (κ2) is 21.7. The molecule has 18 nitrogen and oxygen atoms in total. The van der Waals surface area contributed by atoms with E-state index in [2.05, 4.69) is 45.8 Å². The summed E-state index contributed by atoms with van der Waals surface area (Å²) in [6, 6.07) is 19.8. The van der Waals surface area contributed by atoms with Crippen LogP contribution in [0.1, 0.15) is 69.7 Å². The van der Waals surface area contributed by atoms with E-state index in [4.69, 9.17) is 10.2 Å². The number of aliphatic hydroxyl groups excluding tert-OH is 1. The predicted octanol–water partition coefficient (Wildman–Crippen LogP) is 5.24. The smallest absolute Gasteiger partial charge is 0.270 e. The van der Waals surface area contributed by atoms with Crippen molar-refractivity contribution < 1.29 is 32.3 Å². The maximum absolute atomic E-state index is 14.0. The van der Waals surface area contributed by atoms with Crippen LogP contribution in [0, 0.1) is 12.3 Å². The second-order valence-corrected chi connectivity index (χ2v) is 20.4. The molecule has 0 unspecified atom stereocenters. The van der Waals surface area contributed by atoms with E-state index < -0.39 is 39.5 Å². The summed E-state index contributed by atoms with van der Waals surface area (Å²) in [6.07, 6.45) is 2.23. The number of anilines is 1. The van der Waals surface area contributed by atoms with E-state index in [0.717, 1.165) is 39.4 Å². The minimum atomic E-state index is -3.86. The van der Waals surface area contributed by atoms with Gasteiger partial charge in [0, 0.05) is 50.1 Å². The number of nitrogens with two attached hydrogens (primary N) is 1. The molecule has 0 saturated carbocycles. The highest BCUT2D eigenvalue weighted by Gasteiger charge is 2.44. The Labute approximate surface area is 399 Å². The number of nitrogens with zero attached hydrogens (tertiary/aromatic N) is 6. The van der Waals surface area contributed by atoms with Crippen molar-refractivity contribution >= 4 is 44.9 Å². The zero-order valence-corrected chi connectivity index (χ0v) is 40.3. The van der Waals surface area contributed by atoms with Crippen LogP contribution in [-0.4, -0.2) is 99.6 Å². The molecule has 1 fully saturated rings. The summed E-state index contributed by atoms with van der Waals surface area (Å²) in [5.74, 6) is -0.695. The van der Waals surface area contributed by atoms with Crippen LogP contribution in [-0.2, 0) is 37.5 Å².